The first-order valence-corrected chi connectivity index (χ1v) is 9.82. The molecule has 1 aliphatic carbocycles. The van der Waals surface area contributed by atoms with Crippen LogP contribution in [0.2, 0.25) is 0 Å². The highest BCUT2D eigenvalue weighted by molar-refractivity contribution is 8.00. The number of rotatable bonds is 7. The van der Waals surface area contributed by atoms with Crippen LogP contribution in [0.15, 0.2) is 23.3 Å². The molecule has 0 aromatic carbocycles. The van der Waals surface area contributed by atoms with Gasteiger partial charge >= 0.3 is 0 Å². The Morgan fingerprint density at radius 1 is 1.46 bits per heavy atom. The molecule has 1 atom stereocenters. The zero-order valence-electron chi connectivity index (χ0n) is 14.7. The van der Waals surface area contributed by atoms with Crippen LogP contribution in [-0.4, -0.2) is 41.6 Å². The lowest BCUT2D eigenvalue weighted by Gasteiger charge is -2.24. The summed E-state index contributed by atoms with van der Waals surface area (Å²) >= 11 is 2.06. The average molecular weight is 349 g/mol. The van der Waals surface area contributed by atoms with E-state index in [1.54, 1.807) is 0 Å². The van der Waals surface area contributed by atoms with E-state index < -0.39 is 0 Å². The van der Waals surface area contributed by atoms with Gasteiger partial charge in [-0.05, 0) is 55.9 Å². The van der Waals surface area contributed by atoms with E-state index in [9.17, 15) is 0 Å². The van der Waals surface area contributed by atoms with Crippen LogP contribution in [0.1, 0.15) is 38.2 Å². The lowest BCUT2D eigenvalue weighted by atomic mass is 10.1. The summed E-state index contributed by atoms with van der Waals surface area (Å²) < 4.78 is 6.08. The minimum absolute atomic E-state index is 0.331. The first kappa shape index (κ1) is 17.4. The summed E-state index contributed by atoms with van der Waals surface area (Å²) in [5, 5.41) is 6.83. The molecule has 1 aromatic rings. The molecule has 2 aliphatic rings. The first-order valence-electron chi connectivity index (χ1n) is 8.83. The highest BCUT2D eigenvalue weighted by Crippen LogP contribution is 2.36. The monoisotopic (exact) mass is 348 g/mol. The van der Waals surface area contributed by atoms with Gasteiger partial charge in [-0.25, -0.2) is 4.98 Å². The van der Waals surface area contributed by atoms with Crippen molar-refractivity contribution < 1.29 is 4.74 Å². The largest absolute Gasteiger partial charge is 0.477 e. The average Bonchev–Trinajstić information content (AvgIpc) is 3.33. The molecule has 5 nitrogen and oxygen atoms in total. The molecule has 1 unspecified atom stereocenters. The molecule has 1 aliphatic heterocycles. The maximum absolute atomic E-state index is 5.74. The smallest absolute Gasteiger partial charge is 0.213 e. The topological polar surface area (TPSA) is 58.5 Å². The van der Waals surface area contributed by atoms with Gasteiger partial charge in [0.15, 0.2) is 5.96 Å². The molecule has 0 spiro atoms. The van der Waals surface area contributed by atoms with E-state index in [2.05, 4.69) is 39.3 Å². The molecule has 1 saturated heterocycles. The zero-order valence-corrected chi connectivity index (χ0v) is 15.5. The summed E-state index contributed by atoms with van der Waals surface area (Å²) in [6.07, 6.45) is 6.98. The van der Waals surface area contributed by atoms with Gasteiger partial charge in [0.25, 0.3) is 0 Å². The third-order valence-corrected chi connectivity index (χ3v) is 6.12. The van der Waals surface area contributed by atoms with E-state index in [0.29, 0.717) is 11.3 Å². The number of aliphatic imine (C=N–C) groups is 1. The molecule has 1 aromatic heterocycles. The SMILES string of the molecule is CN=C(NCc1ccnc(OCC2CC2)c1)NCC1(C)CCCS1. The number of nitrogens with zero attached hydrogens (tertiary/aromatic N) is 2. The molecule has 6 heteroatoms. The van der Waals surface area contributed by atoms with E-state index in [1.807, 2.05) is 25.4 Å². The molecule has 132 valence electrons. The number of aromatic nitrogens is 1. The van der Waals surface area contributed by atoms with Crippen molar-refractivity contribution in [1.82, 2.24) is 15.6 Å². The van der Waals surface area contributed by atoms with Crippen LogP contribution in [0.4, 0.5) is 0 Å². The molecule has 3 rings (SSSR count). The van der Waals surface area contributed by atoms with Crippen molar-refractivity contribution >= 4 is 17.7 Å². The Hall–Kier alpha value is -1.43. The minimum Gasteiger partial charge on any atom is -0.477 e. The number of thioether (sulfide) groups is 1. The Morgan fingerprint density at radius 3 is 3.04 bits per heavy atom. The van der Waals surface area contributed by atoms with E-state index in [1.165, 1.54) is 31.4 Å². The maximum atomic E-state index is 5.74. The summed E-state index contributed by atoms with van der Waals surface area (Å²) in [4.78, 5) is 8.61. The van der Waals surface area contributed by atoms with Crippen LogP contribution in [-0.2, 0) is 6.54 Å². The Labute approximate surface area is 149 Å². The van der Waals surface area contributed by atoms with Gasteiger partial charge in [0.1, 0.15) is 0 Å². The van der Waals surface area contributed by atoms with Gasteiger partial charge < -0.3 is 15.4 Å². The van der Waals surface area contributed by atoms with Crippen molar-refractivity contribution in [2.75, 3.05) is 26.0 Å². The van der Waals surface area contributed by atoms with Crippen LogP contribution in [0.25, 0.3) is 0 Å². The normalized spacial score (nSPS) is 24.0. The third-order valence-electron chi connectivity index (χ3n) is 4.58. The highest BCUT2D eigenvalue weighted by atomic mass is 32.2. The number of guanidine groups is 1. The predicted molar refractivity (Wildman–Crippen MR) is 101 cm³/mol. The summed E-state index contributed by atoms with van der Waals surface area (Å²) in [6.45, 7) is 4.79. The Kier molecular flexibility index (Phi) is 5.87. The summed E-state index contributed by atoms with van der Waals surface area (Å²) in [6, 6.07) is 4.02. The van der Waals surface area contributed by atoms with E-state index in [4.69, 9.17) is 4.74 Å². The number of ether oxygens (including phenoxy) is 1. The van der Waals surface area contributed by atoms with Crippen LogP contribution >= 0.6 is 11.8 Å². The molecule has 2 fully saturated rings. The molecule has 0 amide bonds. The van der Waals surface area contributed by atoms with Crippen LogP contribution < -0.4 is 15.4 Å². The van der Waals surface area contributed by atoms with Gasteiger partial charge in [-0.2, -0.15) is 11.8 Å². The number of pyridine rings is 1. The Bertz CT molecular complexity index is 568. The van der Waals surface area contributed by atoms with E-state index >= 15 is 0 Å². The highest BCUT2D eigenvalue weighted by Gasteiger charge is 2.29. The van der Waals surface area contributed by atoms with Gasteiger partial charge in [-0.3, -0.25) is 4.99 Å². The number of nitrogens with one attached hydrogen (secondary N) is 2. The summed E-state index contributed by atoms with van der Waals surface area (Å²) in [5.74, 6) is 3.58. The Morgan fingerprint density at radius 2 is 2.33 bits per heavy atom. The van der Waals surface area contributed by atoms with E-state index in [-0.39, 0.29) is 0 Å². The molecule has 2 N–H and O–H groups in total. The lowest BCUT2D eigenvalue weighted by Crippen LogP contribution is -2.43. The Balaban J connectivity index is 1.45. The summed E-state index contributed by atoms with van der Waals surface area (Å²) in [5.41, 5.74) is 1.15. The van der Waals surface area contributed by atoms with Gasteiger partial charge in [0.2, 0.25) is 5.88 Å². The minimum atomic E-state index is 0.331. The quantitative estimate of drug-likeness (QED) is 0.586. The number of hydrogen-bond donors (Lipinski definition) is 2. The fourth-order valence-corrected chi connectivity index (χ4v) is 4.02. The predicted octanol–water partition coefficient (Wildman–Crippen LogP) is 2.82. The van der Waals surface area contributed by atoms with Crippen molar-refractivity contribution in [3.8, 4) is 5.88 Å². The fraction of sp³-hybridized carbons (Fsp3) is 0.667. The first-order chi connectivity index (χ1) is 11.7. The maximum Gasteiger partial charge on any atom is 0.213 e. The second kappa shape index (κ2) is 8.10. The lowest BCUT2D eigenvalue weighted by molar-refractivity contribution is 0.288. The molecule has 1 saturated carbocycles. The van der Waals surface area contributed by atoms with Crippen molar-refractivity contribution in [3.05, 3.63) is 23.9 Å². The van der Waals surface area contributed by atoms with Crippen molar-refractivity contribution in [1.29, 1.82) is 0 Å². The third kappa shape index (κ3) is 5.30. The van der Waals surface area contributed by atoms with Crippen molar-refractivity contribution in [2.24, 2.45) is 10.9 Å². The summed E-state index contributed by atoms with van der Waals surface area (Å²) in [7, 11) is 1.82. The van der Waals surface area contributed by atoms with Gasteiger partial charge in [0, 0.05) is 37.1 Å². The molecule has 24 heavy (non-hydrogen) atoms. The molecule has 2 heterocycles. The van der Waals surface area contributed by atoms with Gasteiger partial charge in [0.05, 0.1) is 6.61 Å². The van der Waals surface area contributed by atoms with E-state index in [0.717, 1.165) is 36.5 Å². The van der Waals surface area contributed by atoms with Crippen molar-refractivity contribution in [2.45, 2.75) is 43.9 Å². The molecular weight excluding hydrogens is 320 g/mol. The second-order valence-corrected chi connectivity index (χ2v) is 8.62. The number of hydrogen-bond acceptors (Lipinski definition) is 4. The fourth-order valence-electron chi connectivity index (χ4n) is 2.78. The van der Waals surface area contributed by atoms with Crippen LogP contribution in [0.3, 0.4) is 0 Å². The van der Waals surface area contributed by atoms with Crippen LogP contribution in [0, 0.1) is 5.92 Å². The van der Waals surface area contributed by atoms with Crippen LogP contribution in [0.5, 0.6) is 5.88 Å². The van der Waals surface area contributed by atoms with Gasteiger partial charge in [-0.15, -0.1) is 0 Å². The van der Waals surface area contributed by atoms with Crippen molar-refractivity contribution in [3.63, 3.8) is 0 Å². The molecular formula is C18H28N4OS. The second-order valence-electron chi connectivity index (χ2n) is 6.94. The zero-order chi connectivity index (χ0) is 16.8. The standard InChI is InChI=1S/C18H28N4OS/c1-18(7-3-9-24-18)13-22-17(19-2)21-11-15-6-8-20-16(10-15)23-12-14-4-5-14/h6,8,10,14H,3-5,7,9,11-13H2,1-2H3,(H2,19,21,22). The van der Waals surface area contributed by atoms with Gasteiger partial charge in [-0.1, -0.05) is 0 Å². The molecule has 0 bridgehead atoms. The molecule has 0 radical (unpaired) electrons.